The van der Waals surface area contributed by atoms with Gasteiger partial charge in [0.1, 0.15) is 11.8 Å². The Labute approximate surface area is 195 Å². The van der Waals surface area contributed by atoms with Crippen molar-refractivity contribution in [3.63, 3.8) is 0 Å². The third kappa shape index (κ3) is 5.60. The minimum Gasteiger partial charge on any atom is -0.474 e. The number of hydroxylamine groups is 1. The molecule has 1 amide bonds. The molecule has 11 nitrogen and oxygen atoms in total. The average Bonchev–Trinajstić information content (AvgIpc) is 2.95. The van der Waals surface area contributed by atoms with E-state index in [2.05, 4.69) is 5.32 Å². The minimum atomic E-state index is -3.84. The predicted molar refractivity (Wildman–Crippen MR) is 119 cm³/mol. The summed E-state index contributed by atoms with van der Waals surface area (Å²) in [5.41, 5.74) is -0.332. The summed E-state index contributed by atoms with van der Waals surface area (Å²) in [4.78, 5) is 20.0. The van der Waals surface area contributed by atoms with Crippen molar-refractivity contribution in [2.45, 2.75) is 6.10 Å². The molecule has 1 atom stereocenters. The third-order valence-electron chi connectivity index (χ3n) is 5.03. The Kier molecular flexibility index (Phi) is 7.89. The molecule has 0 aliphatic carbocycles. The number of anilines is 2. The molecule has 1 N–H and O–H groups in total. The number of rotatable bonds is 6. The zero-order chi connectivity index (χ0) is 24.3. The van der Waals surface area contributed by atoms with Crippen molar-refractivity contribution in [1.82, 2.24) is 14.1 Å². The molecule has 0 radical (unpaired) electrons. The number of ether oxygens (including phenoxy) is 2. The highest BCUT2D eigenvalue weighted by atomic mass is 32.2. The minimum absolute atomic E-state index is 0.000827. The average molecular weight is 510 g/mol. The van der Waals surface area contributed by atoms with Crippen LogP contribution in [0.4, 0.5) is 25.0 Å². The molecule has 0 saturated carbocycles. The van der Waals surface area contributed by atoms with Crippen molar-refractivity contribution in [1.29, 1.82) is 0 Å². The highest BCUT2D eigenvalue weighted by Crippen LogP contribution is 2.31. The quantitative estimate of drug-likeness (QED) is 0.554. The zero-order valence-corrected chi connectivity index (χ0v) is 19.9. The summed E-state index contributed by atoms with van der Waals surface area (Å²) in [6.07, 6.45) is -1.34. The number of thiocarbonyl (C=S) groups is 1. The molecular formula is C18H25F2N5O6S2. The van der Waals surface area contributed by atoms with Gasteiger partial charge in [-0.2, -0.15) is 12.7 Å². The first-order valence-corrected chi connectivity index (χ1v) is 11.7. The normalized spacial score (nSPS) is 20.1. The highest BCUT2D eigenvalue weighted by molar-refractivity contribution is 7.86. The number of hydrogen-bond acceptors (Lipinski definition) is 8. The number of benzene rings is 1. The molecule has 0 spiro atoms. The van der Waals surface area contributed by atoms with Crippen LogP contribution in [0.15, 0.2) is 12.1 Å². The summed E-state index contributed by atoms with van der Waals surface area (Å²) in [5, 5.41) is 2.89. The van der Waals surface area contributed by atoms with Gasteiger partial charge in [0.2, 0.25) is 0 Å². The van der Waals surface area contributed by atoms with Crippen molar-refractivity contribution in [3.05, 3.63) is 23.8 Å². The number of methoxy groups -OCH3 is 1. The molecule has 2 aliphatic rings. The van der Waals surface area contributed by atoms with Crippen LogP contribution in [0, 0.1) is 11.6 Å². The number of nitrogens with one attached hydrogen (secondary N) is 1. The van der Waals surface area contributed by atoms with Gasteiger partial charge in [-0.3, -0.25) is 9.74 Å². The molecule has 2 heterocycles. The van der Waals surface area contributed by atoms with Gasteiger partial charge in [-0.1, -0.05) is 4.47 Å². The number of nitrogens with zero attached hydrogens (tertiary/aromatic N) is 4. The smallest absolute Gasteiger partial charge is 0.414 e. The van der Waals surface area contributed by atoms with Gasteiger partial charge >= 0.3 is 16.3 Å². The van der Waals surface area contributed by atoms with Crippen LogP contribution in [0.3, 0.4) is 0 Å². The molecule has 0 bridgehead atoms. The first kappa shape index (κ1) is 25.3. The molecule has 2 fully saturated rings. The Balaban J connectivity index is 1.73. The van der Waals surface area contributed by atoms with Gasteiger partial charge < -0.3 is 19.7 Å². The van der Waals surface area contributed by atoms with Crippen LogP contribution in [0.1, 0.15) is 0 Å². The Morgan fingerprint density at radius 3 is 2.55 bits per heavy atom. The molecule has 0 unspecified atom stereocenters. The highest BCUT2D eigenvalue weighted by Gasteiger charge is 2.34. The van der Waals surface area contributed by atoms with Crippen LogP contribution in [0.5, 0.6) is 0 Å². The van der Waals surface area contributed by atoms with E-state index in [1.165, 1.54) is 26.1 Å². The molecule has 33 heavy (non-hydrogen) atoms. The number of cyclic esters (lactones) is 1. The number of amides is 1. The molecule has 3 rings (SSSR count). The second-order valence-corrected chi connectivity index (χ2v) is 9.79. The topological polar surface area (TPSA) is 104 Å². The van der Waals surface area contributed by atoms with E-state index in [1.807, 2.05) is 0 Å². The summed E-state index contributed by atoms with van der Waals surface area (Å²) in [6.45, 7) is 0.0793. The third-order valence-corrected chi connectivity index (χ3v) is 7.07. The van der Waals surface area contributed by atoms with Gasteiger partial charge in [-0.25, -0.2) is 13.6 Å². The lowest BCUT2D eigenvalue weighted by atomic mass is 10.2. The van der Waals surface area contributed by atoms with Crippen LogP contribution in [0.2, 0.25) is 0 Å². The van der Waals surface area contributed by atoms with Gasteiger partial charge in [0.25, 0.3) is 5.17 Å². The Bertz CT molecular complexity index is 989. The maximum Gasteiger partial charge on any atom is 0.414 e. The predicted octanol–water partition coefficient (Wildman–Crippen LogP) is 0.671. The van der Waals surface area contributed by atoms with Gasteiger partial charge in [0.05, 0.1) is 39.0 Å². The van der Waals surface area contributed by atoms with Gasteiger partial charge in [-0.05, 0) is 12.2 Å². The van der Waals surface area contributed by atoms with Crippen molar-refractivity contribution in [2.24, 2.45) is 0 Å². The van der Waals surface area contributed by atoms with Crippen molar-refractivity contribution in [2.75, 3.05) is 70.3 Å². The van der Waals surface area contributed by atoms with Crippen molar-refractivity contribution in [3.8, 4) is 0 Å². The summed E-state index contributed by atoms with van der Waals surface area (Å²) >= 11 is 4.86. The standard InChI is InChI=1S/C18H25F2N5O6S2/c1-22(2)33(27,28)25-5-4-23(6-7-30-25)16-14(19)8-12(9-15(16)20)24-11-13(31-18(24)26)10-21-17(32)29-3/h8-9,13H,4-7,10-11H2,1-3H3,(H,21,32)/t13-/m0/s1. The SMILES string of the molecule is COC(=S)NC[C@H]1CN(c2cc(F)c(N3CCON(S(=O)(=O)N(C)C)CC3)c(F)c2)C(=O)O1. The van der Waals surface area contributed by atoms with Crippen molar-refractivity contribution >= 4 is 45.1 Å². The largest absolute Gasteiger partial charge is 0.474 e. The molecular weight excluding hydrogens is 484 g/mol. The van der Waals surface area contributed by atoms with Crippen LogP contribution < -0.4 is 15.1 Å². The second-order valence-electron chi connectivity index (χ2n) is 7.38. The van der Waals surface area contributed by atoms with E-state index in [9.17, 15) is 22.0 Å². The summed E-state index contributed by atoms with van der Waals surface area (Å²) in [6, 6.07) is 2.07. The molecule has 184 valence electrons. The number of hydrogen-bond donors (Lipinski definition) is 1. The van der Waals surface area contributed by atoms with E-state index in [4.69, 9.17) is 26.5 Å². The molecule has 2 aliphatic heterocycles. The lowest BCUT2D eigenvalue weighted by Crippen LogP contribution is -2.41. The second kappa shape index (κ2) is 10.3. The Hall–Kier alpha value is -2.33. The molecule has 1 aromatic carbocycles. The van der Waals surface area contributed by atoms with Gasteiger partial charge in [-0.15, -0.1) is 0 Å². The van der Waals surface area contributed by atoms with E-state index < -0.39 is 34.0 Å². The van der Waals surface area contributed by atoms with E-state index in [1.54, 1.807) is 0 Å². The summed E-state index contributed by atoms with van der Waals surface area (Å²) < 4.78 is 66.3. The molecule has 2 saturated heterocycles. The van der Waals surface area contributed by atoms with Crippen LogP contribution in [-0.4, -0.2) is 95.1 Å². The first-order chi connectivity index (χ1) is 15.5. The zero-order valence-electron chi connectivity index (χ0n) is 18.3. The maximum absolute atomic E-state index is 15.0. The Morgan fingerprint density at radius 1 is 1.27 bits per heavy atom. The lowest BCUT2D eigenvalue weighted by molar-refractivity contribution is -0.0738. The van der Waals surface area contributed by atoms with E-state index in [0.717, 1.165) is 25.8 Å². The summed E-state index contributed by atoms with van der Waals surface area (Å²) in [5.74, 6) is -1.80. The first-order valence-electron chi connectivity index (χ1n) is 9.91. The number of carbonyl (C=O) groups is 1. The van der Waals surface area contributed by atoms with Crippen LogP contribution in [0.25, 0.3) is 0 Å². The van der Waals surface area contributed by atoms with Gasteiger partial charge in [0.15, 0.2) is 11.6 Å². The maximum atomic E-state index is 15.0. The summed E-state index contributed by atoms with van der Waals surface area (Å²) in [7, 11) is 0.267. The fourth-order valence-corrected chi connectivity index (χ4v) is 4.31. The van der Waals surface area contributed by atoms with E-state index in [0.29, 0.717) is 0 Å². The monoisotopic (exact) mass is 509 g/mol. The molecule has 0 aromatic heterocycles. The van der Waals surface area contributed by atoms with E-state index in [-0.39, 0.29) is 55.9 Å². The van der Waals surface area contributed by atoms with Crippen molar-refractivity contribution < 1.29 is 36.3 Å². The molecule has 1 aromatic rings. The fourth-order valence-electron chi connectivity index (χ4n) is 3.34. The van der Waals surface area contributed by atoms with Crippen LogP contribution in [-0.2, 0) is 24.5 Å². The number of halogens is 2. The molecule has 15 heteroatoms. The van der Waals surface area contributed by atoms with Crippen LogP contribution >= 0.6 is 12.2 Å². The Morgan fingerprint density at radius 2 is 1.94 bits per heavy atom. The van der Waals surface area contributed by atoms with Gasteiger partial charge in [0, 0.05) is 39.3 Å². The van der Waals surface area contributed by atoms with E-state index >= 15 is 0 Å². The fraction of sp³-hybridized carbons (Fsp3) is 0.556. The number of carbonyl (C=O) groups excluding carboxylic acids is 1. The lowest BCUT2D eigenvalue weighted by Gasteiger charge is -2.25.